The molecule has 1 aromatic carbocycles. The molecule has 0 aliphatic rings. The quantitative estimate of drug-likeness (QED) is 0.835. The Kier molecular flexibility index (Phi) is 4.08. The molecule has 0 spiro atoms. The van der Waals surface area contributed by atoms with Gasteiger partial charge in [0.05, 0.1) is 18.2 Å². The molecule has 0 radical (unpaired) electrons. The predicted octanol–water partition coefficient (Wildman–Crippen LogP) is 3.90. The molecule has 2 nitrogen and oxygen atoms in total. The average Bonchev–Trinajstić information content (AvgIpc) is 2.01. The number of ether oxygens (including phenoxy) is 2. The van der Waals surface area contributed by atoms with E-state index in [1.807, 2.05) is 19.9 Å². The van der Waals surface area contributed by atoms with Crippen molar-refractivity contribution in [1.82, 2.24) is 0 Å². The molecule has 0 amide bonds. The highest BCUT2D eigenvalue weighted by Crippen LogP contribution is 2.38. The Morgan fingerprint density at radius 1 is 1.36 bits per heavy atom. The third-order valence-corrected chi connectivity index (χ3v) is 2.28. The van der Waals surface area contributed by atoms with Gasteiger partial charge in [-0.05, 0) is 26.0 Å². The molecule has 0 fully saturated rings. The van der Waals surface area contributed by atoms with Crippen LogP contribution in [0.4, 0.5) is 0 Å². The van der Waals surface area contributed by atoms with Gasteiger partial charge in [0.2, 0.25) is 0 Å². The second-order valence-corrected chi connectivity index (χ2v) is 4.41. The van der Waals surface area contributed by atoms with E-state index in [-0.39, 0.29) is 6.10 Å². The summed E-state index contributed by atoms with van der Waals surface area (Å²) in [5.74, 6) is 1.23. The van der Waals surface area contributed by atoms with Crippen molar-refractivity contribution < 1.29 is 9.47 Å². The van der Waals surface area contributed by atoms with Crippen molar-refractivity contribution in [2.24, 2.45) is 0 Å². The Morgan fingerprint density at radius 3 is 2.50 bits per heavy atom. The van der Waals surface area contributed by atoms with Crippen LogP contribution in [0.5, 0.6) is 11.5 Å². The van der Waals surface area contributed by atoms with E-state index in [2.05, 4.69) is 15.9 Å². The summed E-state index contributed by atoms with van der Waals surface area (Å²) in [7, 11) is 1.57. The Balaban J connectivity index is 3.11. The van der Waals surface area contributed by atoms with Gasteiger partial charge in [0.25, 0.3) is 0 Å². The molecule has 0 aliphatic heterocycles. The topological polar surface area (TPSA) is 18.5 Å². The minimum atomic E-state index is 0.0919. The summed E-state index contributed by atoms with van der Waals surface area (Å²) in [5.41, 5.74) is 0. The third-order valence-electron chi connectivity index (χ3n) is 1.54. The molecule has 0 N–H and O–H groups in total. The van der Waals surface area contributed by atoms with Crippen LogP contribution in [-0.4, -0.2) is 13.2 Å². The molecule has 0 aliphatic carbocycles. The van der Waals surface area contributed by atoms with Crippen LogP contribution < -0.4 is 9.47 Å². The molecule has 14 heavy (non-hydrogen) atoms. The molecule has 0 bridgehead atoms. The summed E-state index contributed by atoms with van der Waals surface area (Å²) in [6, 6.07) is 3.61. The molecule has 1 rings (SSSR count). The highest BCUT2D eigenvalue weighted by atomic mass is 79.9. The van der Waals surface area contributed by atoms with Crippen LogP contribution in [0.25, 0.3) is 0 Å². The second-order valence-electron chi connectivity index (χ2n) is 3.09. The molecular weight excluding hydrogens is 267 g/mol. The average molecular weight is 280 g/mol. The van der Waals surface area contributed by atoms with Crippen molar-refractivity contribution in [3.63, 3.8) is 0 Å². The van der Waals surface area contributed by atoms with E-state index >= 15 is 0 Å². The molecule has 4 heteroatoms. The fraction of sp³-hybridized carbons (Fsp3) is 0.400. The maximum atomic E-state index is 5.98. The van der Waals surface area contributed by atoms with Gasteiger partial charge >= 0.3 is 0 Å². The lowest BCUT2D eigenvalue weighted by Crippen LogP contribution is -2.06. The van der Waals surface area contributed by atoms with Gasteiger partial charge in [-0.15, -0.1) is 0 Å². The van der Waals surface area contributed by atoms with E-state index in [4.69, 9.17) is 21.1 Å². The van der Waals surface area contributed by atoms with Gasteiger partial charge in [-0.25, -0.2) is 0 Å². The zero-order chi connectivity index (χ0) is 10.7. The maximum Gasteiger partial charge on any atom is 0.179 e. The van der Waals surface area contributed by atoms with Gasteiger partial charge in [0, 0.05) is 4.47 Å². The Hall–Kier alpha value is -0.410. The molecule has 0 atom stereocenters. The Labute approximate surface area is 97.3 Å². The summed E-state index contributed by atoms with van der Waals surface area (Å²) in [4.78, 5) is 0. The zero-order valence-corrected chi connectivity index (χ0v) is 10.6. The van der Waals surface area contributed by atoms with Gasteiger partial charge in [-0.3, -0.25) is 0 Å². The number of methoxy groups -OCH3 is 1. The first-order chi connectivity index (χ1) is 6.54. The van der Waals surface area contributed by atoms with E-state index in [0.717, 1.165) is 4.47 Å². The van der Waals surface area contributed by atoms with E-state index < -0.39 is 0 Å². The smallest absolute Gasteiger partial charge is 0.179 e. The van der Waals surface area contributed by atoms with Crippen LogP contribution in [0.1, 0.15) is 13.8 Å². The zero-order valence-electron chi connectivity index (χ0n) is 8.30. The van der Waals surface area contributed by atoms with Gasteiger partial charge in [0.1, 0.15) is 0 Å². The van der Waals surface area contributed by atoms with Crippen molar-refractivity contribution in [1.29, 1.82) is 0 Å². The van der Waals surface area contributed by atoms with Crippen LogP contribution in [0.15, 0.2) is 16.6 Å². The maximum absolute atomic E-state index is 5.98. The Bertz CT molecular complexity index is 326. The fourth-order valence-corrected chi connectivity index (χ4v) is 1.93. The number of hydrogen-bond donors (Lipinski definition) is 0. The van der Waals surface area contributed by atoms with Crippen molar-refractivity contribution in [2.75, 3.05) is 7.11 Å². The number of hydrogen-bond acceptors (Lipinski definition) is 2. The first kappa shape index (κ1) is 11.7. The van der Waals surface area contributed by atoms with Crippen LogP contribution in [0, 0.1) is 0 Å². The summed E-state index contributed by atoms with van der Waals surface area (Å²) < 4.78 is 11.6. The minimum absolute atomic E-state index is 0.0919. The standard InChI is InChI=1S/C10H12BrClO2/c1-6(2)14-9-5-7(11)4-8(12)10(9)13-3/h4-6H,1-3H3. The number of rotatable bonds is 3. The van der Waals surface area contributed by atoms with Crippen LogP contribution >= 0.6 is 27.5 Å². The van der Waals surface area contributed by atoms with Gasteiger partial charge in [-0.1, -0.05) is 27.5 Å². The summed E-state index contributed by atoms with van der Waals surface area (Å²) >= 11 is 9.33. The number of halogens is 2. The van der Waals surface area contributed by atoms with Gasteiger partial charge in [-0.2, -0.15) is 0 Å². The lowest BCUT2D eigenvalue weighted by Gasteiger charge is -2.14. The van der Waals surface area contributed by atoms with Crippen LogP contribution in [-0.2, 0) is 0 Å². The normalized spacial score (nSPS) is 10.4. The summed E-state index contributed by atoms with van der Waals surface area (Å²) in [5, 5.41) is 0.539. The SMILES string of the molecule is COc1c(Cl)cc(Br)cc1OC(C)C. The molecule has 0 aromatic heterocycles. The fourth-order valence-electron chi connectivity index (χ4n) is 1.08. The minimum Gasteiger partial charge on any atom is -0.491 e. The van der Waals surface area contributed by atoms with E-state index in [0.29, 0.717) is 16.5 Å². The van der Waals surface area contributed by atoms with Gasteiger partial charge in [0.15, 0.2) is 11.5 Å². The summed E-state index contributed by atoms with van der Waals surface area (Å²) in [6.07, 6.45) is 0.0919. The van der Waals surface area contributed by atoms with Crippen molar-refractivity contribution in [2.45, 2.75) is 20.0 Å². The van der Waals surface area contributed by atoms with Gasteiger partial charge < -0.3 is 9.47 Å². The monoisotopic (exact) mass is 278 g/mol. The summed E-state index contributed by atoms with van der Waals surface area (Å²) in [6.45, 7) is 3.91. The van der Waals surface area contributed by atoms with Crippen molar-refractivity contribution >= 4 is 27.5 Å². The van der Waals surface area contributed by atoms with E-state index in [1.165, 1.54) is 0 Å². The van der Waals surface area contributed by atoms with E-state index in [1.54, 1.807) is 13.2 Å². The molecule has 0 heterocycles. The highest BCUT2D eigenvalue weighted by molar-refractivity contribution is 9.10. The number of benzene rings is 1. The molecule has 0 saturated heterocycles. The second kappa shape index (κ2) is 4.89. The Morgan fingerprint density at radius 2 is 2.00 bits per heavy atom. The molecule has 1 aromatic rings. The van der Waals surface area contributed by atoms with Crippen LogP contribution in [0.3, 0.4) is 0 Å². The molecule has 0 saturated carbocycles. The van der Waals surface area contributed by atoms with Crippen molar-refractivity contribution in [3.8, 4) is 11.5 Å². The highest BCUT2D eigenvalue weighted by Gasteiger charge is 2.11. The lowest BCUT2D eigenvalue weighted by molar-refractivity contribution is 0.230. The van der Waals surface area contributed by atoms with E-state index in [9.17, 15) is 0 Å². The van der Waals surface area contributed by atoms with Crippen LogP contribution in [0.2, 0.25) is 5.02 Å². The third kappa shape index (κ3) is 2.79. The molecule has 78 valence electrons. The molecule has 0 unspecified atom stereocenters. The first-order valence-electron chi connectivity index (χ1n) is 4.24. The van der Waals surface area contributed by atoms with Crippen molar-refractivity contribution in [3.05, 3.63) is 21.6 Å². The first-order valence-corrected chi connectivity index (χ1v) is 5.41. The predicted molar refractivity (Wildman–Crippen MR) is 61.5 cm³/mol. The largest absolute Gasteiger partial charge is 0.491 e. The lowest BCUT2D eigenvalue weighted by atomic mass is 10.3. The molecular formula is C10H12BrClO2.